The van der Waals surface area contributed by atoms with Crippen LogP contribution in [-0.2, 0) is 11.2 Å². The third kappa shape index (κ3) is 6.13. The molecular formula is C13H20Cl2N2OS. The predicted octanol–water partition coefficient (Wildman–Crippen LogP) is 3.01. The summed E-state index contributed by atoms with van der Waals surface area (Å²) in [5, 5.41) is 6.36. The van der Waals surface area contributed by atoms with Crippen LogP contribution in [0.4, 0.5) is 0 Å². The molecule has 1 atom stereocenters. The van der Waals surface area contributed by atoms with Gasteiger partial charge in [0.15, 0.2) is 0 Å². The fraction of sp³-hybridized carbons (Fsp3) is 0.615. The first-order valence-corrected chi connectivity index (χ1v) is 7.68. The molecule has 1 aliphatic heterocycles. The minimum Gasteiger partial charge on any atom is -0.356 e. The number of thiophene rings is 1. The van der Waals surface area contributed by atoms with Crippen molar-refractivity contribution in [3.63, 3.8) is 0 Å². The van der Waals surface area contributed by atoms with Crippen molar-refractivity contribution in [3.05, 3.63) is 21.3 Å². The maximum Gasteiger partial charge on any atom is 0.220 e. The zero-order valence-corrected chi connectivity index (χ0v) is 13.2. The van der Waals surface area contributed by atoms with Crippen LogP contribution in [0.1, 0.15) is 30.6 Å². The molecular weight excluding hydrogens is 303 g/mol. The van der Waals surface area contributed by atoms with Crippen LogP contribution in [0.2, 0.25) is 4.34 Å². The van der Waals surface area contributed by atoms with Crippen LogP contribution >= 0.6 is 35.3 Å². The maximum atomic E-state index is 11.6. The van der Waals surface area contributed by atoms with Gasteiger partial charge in [-0.2, -0.15) is 0 Å². The molecule has 0 aliphatic carbocycles. The van der Waals surface area contributed by atoms with E-state index in [-0.39, 0.29) is 18.3 Å². The highest BCUT2D eigenvalue weighted by molar-refractivity contribution is 7.16. The number of carbonyl (C=O) groups is 1. The molecule has 0 saturated carbocycles. The van der Waals surface area contributed by atoms with Gasteiger partial charge in [0.2, 0.25) is 5.91 Å². The Morgan fingerprint density at radius 2 is 2.37 bits per heavy atom. The van der Waals surface area contributed by atoms with Crippen molar-refractivity contribution >= 4 is 41.3 Å². The van der Waals surface area contributed by atoms with Crippen molar-refractivity contribution in [2.45, 2.75) is 38.1 Å². The molecule has 0 radical (unpaired) electrons. The molecule has 0 aromatic carbocycles. The molecule has 1 amide bonds. The van der Waals surface area contributed by atoms with Crippen LogP contribution in [0.5, 0.6) is 0 Å². The molecule has 6 heteroatoms. The van der Waals surface area contributed by atoms with Gasteiger partial charge >= 0.3 is 0 Å². The SMILES string of the molecule is Cl.O=C(CCC1CCCN1)NCCc1ccc(Cl)s1. The lowest BCUT2D eigenvalue weighted by molar-refractivity contribution is -0.121. The highest BCUT2D eigenvalue weighted by atomic mass is 35.5. The fourth-order valence-electron chi connectivity index (χ4n) is 2.21. The molecule has 1 aromatic rings. The standard InChI is InChI=1S/C13H19ClN2OS.ClH/c14-12-5-4-11(18-12)7-9-16-13(17)6-3-10-2-1-8-15-10;/h4-5,10,15H,1-3,6-9H2,(H,16,17);1H. The Balaban J connectivity index is 0.00000180. The lowest BCUT2D eigenvalue weighted by Gasteiger charge is -2.09. The average molecular weight is 323 g/mol. The van der Waals surface area contributed by atoms with Gasteiger partial charge in [0, 0.05) is 23.9 Å². The number of nitrogens with one attached hydrogen (secondary N) is 2. The van der Waals surface area contributed by atoms with Gasteiger partial charge in [-0.25, -0.2) is 0 Å². The van der Waals surface area contributed by atoms with Crippen molar-refractivity contribution in [2.24, 2.45) is 0 Å². The van der Waals surface area contributed by atoms with Crippen molar-refractivity contribution in [1.29, 1.82) is 0 Å². The third-order valence-electron chi connectivity index (χ3n) is 3.20. The first-order chi connectivity index (χ1) is 8.74. The zero-order valence-electron chi connectivity index (χ0n) is 10.8. The molecule has 2 N–H and O–H groups in total. The zero-order chi connectivity index (χ0) is 12.8. The van der Waals surface area contributed by atoms with Crippen molar-refractivity contribution in [3.8, 4) is 0 Å². The summed E-state index contributed by atoms with van der Waals surface area (Å²) in [6.45, 7) is 1.80. The van der Waals surface area contributed by atoms with Crippen molar-refractivity contribution < 1.29 is 4.79 Å². The Labute approximate surface area is 129 Å². The summed E-state index contributed by atoms with van der Waals surface area (Å²) in [7, 11) is 0. The van der Waals surface area contributed by atoms with Gasteiger partial charge in [-0.05, 0) is 44.4 Å². The van der Waals surface area contributed by atoms with Gasteiger partial charge in [0.05, 0.1) is 4.34 Å². The van der Waals surface area contributed by atoms with Gasteiger partial charge < -0.3 is 10.6 Å². The first-order valence-electron chi connectivity index (χ1n) is 6.48. The van der Waals surface area contributed by atoms with E-state index in [1.807, 2.05) is 12.1 Å². The largest absolute Gasteiger partial charge is 0.356 e. The average Bonchev–Trinajstić information content (AvgIpc) is 2.98. The molecule has 1 aromatic heterocycles. The number of hydrogen-bond donors (Lipinski definition) is 2. The van der Waals surface area contributed by atoms with E-state index in [1.165, 1.54) is 17.7 Å². The molecule has 1 aliphatic rings. The van der Waals surface area contributed by atoms with E-state index in [4.69, 9.17) is 11.6 Å². The topological polar surface area (TPSA) is 41.1 Å². The fourth-order valence-corrected chi connectivity index (χ4v) is 3.30. The molecule has 1 saturated heterocycles. The van der Waals surface area contributed by atoms with Crippen LogP contribution in [0.25, 0.3) is 0 Å². The number of rotatable bonds is 6. The molecule has 2 heterocycles. The summed E-state index contributed by atoms with van der Waals surface area (Å²) in [5.74, 6) is 0.159. The second kappa shape index (κ2) is 8.80. The van der Waals surface area contributed by atoms with Crippen LogP contribution in [0, 0.1) is 0 Å². The monoisotopic (exact) mass is 322 g/mol. The Morgan fingerprint density at radius 3 is 3.00 bits per heavy atom. The summed E-state index contributed by atoms with van der Waals surface area (Å²) in [5.41, 5.74) is 0. The van der Waals surface area contributed by atoms with E-state index in [0.29, 0.717) is 19.0 Å². The van der Waals surface area contributed by atoms with E-state index in [2.05, 4.69) is 10.6 Å². The highest BCUT2D eigenvalue weighted by Gasteiger charge is 2.14. The van der Waals surface area contributed by atoms with Gasteiger partial charge in [0.1, 0.15) is 0 Å². The van der Waals surface area contributed by atoms with E-state index in [1.54, 1.807) is 11.3 Å². The normalized spacial score (nSPS) is 18.1. The summed E-state index contributed by atoms with van der Waals surface area (Å²) in [6.07, 6.45) is 4.90. The molecule has 1 fully saturated rings. The van der Waals surface area contributed by atoms with Crippen LogP contribution < -0.4 is 10.6 Å². The van der Waals surface area contributed by atoms with E-state index < -0.39 is 0 Å². The molecule has 2 rings (SSSR count). The summed E-state index contributed by atoms with van der Waals surface area (Å²) in [6, 6.07) is 4.46. The minimum atomic E-state index is 0. The second-order valence-corrected chi connectivity index (χ2v) is 6.44. The van der Waals surface area contributed by atoms with Crippen molar-refractivity contribution in [1.82, 2.24) is 10.6 Å². The first kappa shape index (κ1) is 16.8. The molecule has 0 bridgehead atoms. The molecule has 0 spiro atoms. The van der Waals surface area contributed by atoms with E-state index in [9.17, 15) is 4.79 Å². The number of halogens is 2. The number of hydrogen-bond acceptors (Lipinski definition) is 3. The Hall–Kier alpha value is -0.290. The molecule has 1 unspecified atom stereocenters. The van der Waals surface area contributed by atoms with E-state index in [0.717, 1.165) is 23.7 Å². The van der Waals surface area contributed by atoms with Crippen molar-refractivity contribution in [2.75, 3.05) is 13.1 Å². The third-order valence-corrected chi connectivity index (χ3v) is 4.50. The Kier molecular flexibility index (Phi) is 7.76. The van der Waals surface area contributed by atoms with Gasteiger partial charge in [-0.3, -0.25) is 4.79 Å². The summed E-state index contributed by atoms with van der Waals surface area (Å²) in [4.78, 5) is 12.9. The Morgan fingerprint density at radius 1 is 1.53 bits per heavy atom. The second-order valence-electron chi connectivity index (χ2n) is 4.64. The minimum absolute atomic E-state index is 0. The van der Waals surface area contributed by atoms with Gasteiger partial charge in [0.25, 0.3) is 0 Å². The van der Waals surface area contributed by atoms with E-state index >= 15 is 0 Å². The van der Waals surface area contributed by atoms with Gasteiger partial charge in [-0.1, -0.05) is 11.6 Å². The molecule has 19 heavy (non-hydrogen) atoms. The van der Waals surface area contributed by atoms with Gasteiger partial charge in [-0.15, -0.1) is 23.7 Å². The lowest BCUT2D eigenvalue weighted by atomic mass is 10.1. The lowest BCUT2D eigenvalue weighted by Crippen LogP contribution is -2.28. The Bertz CT molecular complexity index is 392. The molecule has 3 nitrogen and oxygen atoms in total. The number of carbonyl (C=O) groups excluding carboxylic acids is 1. The smallest absolute Gasteiger partial charge is 0.220 e. The van der Waals surface area contributed by atoms with Crippen LogP contribution in [0.3, 0.4) is 0 Å². The highest BCUT2D eigenvalue weighted by Crippen LogP contribution is 2.21. The summed E-state index contributed by atoms with van der Waals surface area (Å²) >= 11 is 7.43. The van der Waals surface area contributed by atoms with Crippen LogP contribution in [0.15, 0.2) is 12.1 Å². The predicted molar refractivity (Wildman–Crippen MR) is 83.5 cm³/mol. The number of amides is 1. The molecule has 108 valence electrons. The van der Waals surface area contributed by atoms with Crippen LogP contribution in [-0.4, -0.2) is 25.0 Å². The summed E-state index contributed by atoms with van der Waals surface area (Å²) < 4.78 is 0.809. The maximum absolute atomic E-state index is 11.6. The quantitative estimate of drug-likeness (QED) is 0.845.